The van der Waals surface area contributed by atoms with E-state index in [-0.39, 0.29) is 0 Å². The molecule has 2 nitrogen and oxygen atoms in total. The lowest BCUT2D eigenvalue weighted by atomic mass is 10.1. The average molecular weight is 156 g/mol. The lowest BCUT2D eigenvalue weighted by Gasteiger charge is -2.37. The number of hydrogen-bond acceptors (Lipinski definition) is 2. The van der Waals surface area contributed by atoms with Gasteiger partial charge in [-0.15, -0.1) is 0 Å². The van der Waals surface area contributed by atoms with Gasteiger partial charge in [0.1, 0.15) is 0 Å². The first kappa shape index (κ1) is 9.01. The van der Waals surface area contributed by atoms with Crippen molar-refractivity contribution in [2.75, 3.05) is 33.7 Å². The van der Waals surface area contributed by atoms with Crippen LogP contribution in [0.15, 0.2) is 0 Å². The Kier molecular flexibility index (Phi) is 3.34. The fourth-order valence-corrected chi connectivity index (χ4v) is 1.75. The van der Waals surface area contributed by atoms with Crippen molar-refractivity contribution in [2.24, 2.45) is 0 Å². The second-order valence-corrected chi connectivity index (χ2v) is 3.69. The van der Waals surface area contributed by atoms with E-state index in [1.165, 1.54) is 32.5 Å². The molecule has 0 amide bonds. The summed E-state index contributed by atoms with van der Waals surface area (Å²) < 4.78 is 0. The van der Waals surface area contributed by atoms with Crippen molar-refractivity contribution in [2.45, 2.75) is 25.8 Å². The van der Waals surface area contributed by atoms with Gasteiger partial charge in [-0.25, -0.2) is 0 Å². The molecule has 2 heteroatoms. The summed E-state index contributed by atoms with van der Waals surface area (Å²) in [5.74, 6) is 0. The molecule has 0 unspecified atom stereocenters. The zero-order chi connectivity index (χ0) is 8.27. The van der Waals surface area contributed by atoms with Gasteiger partial charge in [0.05, 0.1) is 0 Å². The predicted octanol–water partition coefficient (Wildman–Crippen LogP) is 1.03. The van der Waals surface area contributed by atoms with E-state index in [1.807, 2.05) is 0 Å². The molecule has 0 aromatic heterocycles. The Morgan fingerprint density at radius 3 is 2.64 bits per heavy atom. The van der Waals surface area contributed by atoms with Crippen molar-refractivity contribution in [1.29, 1.82) is 0 Å². The van der Waals surface area contributed by atoms with Gasteiger partial charge in [-0.1, -0.05) is 13.3 Å². The van der Waals surface area contributed by atoms with Crippen LogP contribution in [0, 0.1) is 0 Å². The monoisotopic (exact) mass is 156 g/mol. The van der Waals surface area contributed by atoms with Crippen LogP contribution in [0.25, 0.3) is 0 Å². The SMILES string of the molecule is CCC[C@H]1CN(C)CCN1C. The summed E-state index contributed by atoms with van der Waals surface area (Å²) in [4.78, 5) is 4.92. The molecule has 1 saturated heterocycles. The van der Waals surface area contributed by atoms with Crippen LogP contribution in [0.3, 0.4) is 0 Å². The van der Waals surface area contributed by atoms with Gasteiger partial charge in [0.15, 0.2) is 0 Å². The van der Waals surface area contributed by atoms with Crippen molar-refractivity contribution < 1.29 is 0 Å². The van der Waals surface area contributed by atoms with Crippen LogP contribution in [-0.4, -0.2) is 49.6 Å². The molecule has 0 radical (unpaired) electrons. The molecule has 1 rings (SSSR count). The fourth-order valence-electron chi connectivity index (χ4n) is 1.75. The topological polar surface area (TPSA) is 6.48 Å². The van der Waals surface area contributed by atoms with Gasteiger partial charge in [0, 0.05) is 25.7 Å². The standard InChI is InChI=1S/C9H20N2/c1-4-5-9-8-10(2)6-7-11(9)3/h9H,4-8H2,1-3H3/t9-/m0/s1. The van der Waals surface area contributed by atoms with Gasteiger partial charge < -0.3 is 9.80 Å². The molecular formula is C9H20N2. The van der Waals surface area contributed by atoms with Crippen LogP contribution < -0.4 is 0 Å². The van der Waals surface area contributed by atoms with Gasteiger partial charge in [0.2, 0.25) is 0 Å². The molecule has 0 spiro atoms. The van der Waals surface area contributed by atoms with E-state index in [9.17, 15) is 0 Å². The van der Waals surface area contributed by atoms with Gasteiger partial charge in [-0.2, -0.15) is 0 Å². The first-order valence-corrected chi connectivity index (χ1v) is 4.62. The average Bonchev–Trinajstić information content (AvgIpc) is 1.98. The summed E-state index contributed by atoms with van der Waals surface area (Å²) in [5.41, 5.74) is 0. The summed E-state index contributed by atoms with van der Waals surface area (Å²) in [7, 11) is 4.46. The van der Waals surface area contributed by atoms with E-state index in [0.717, 1.165) is 6.04 Å². The normalized spacial score (nSPS) is 29.2. The van der Waals surface area contributed by atoms with E-state index >= 15 is 0 Å². The summed E-state index contributed by atoms with van der Waals surface area (Å²) >= 11 is 0. The lowest BCUT2D eigenvalue weighted by molar-refractivity contribution is 0.108. The summed E-state index contributed by atoms with van der Waals surface area (Å²) in [6.45, 7) is 5.99. The maximum Gasteiger partial charge on any atom is 0.0220 e. The van der Waals surface area contributed by atoms with Crippen LogP contribution in [0.1, 0.15) is 19.8 Å². The lowest BCUT2D eigenvalue weighted by Crippen LogP contribution is -2.49. The third-order valence-electron chi connectivity index (χ3n) is 2.60. The smallest absolute Gasteiger partial charge is 0.0220 e. The van der Waals surface area contributed by atoms with Gasteiger partial charge >= 0.3 is 0 Å². The second-order valence-electron chi connectivity index (χ2n) is 3.69. The highest BCUT2D eigenvalue weighted by Gasteiger charge is 2.20. The molecule has 1 fully saturated rings. The minimum atomic E-state index is 0.804. The Bertz CT molecular complexity index is 114. The molecule has 1 atom stereocenters. The minimum Gasteiger partial charge on any atom is -0.304 e. The first-order valence-electron chi connectivity index (χ1n) is 4.62. The minimum absolute atomic E-state index is 0.804. The molecule has 0 aromatic carbocycles. The van der Waals surface area contributed by atoms with E-state index < -0.39 is 0 Å². The van der Waals surface area contributed by atoms with Crippen LogP contribution in [0.5, 0.6) is 0 Å². The van der Waals surface area contributed by atoms with E-state index in [1.54, 1.807) is 0 Å². The molecule has 0 saturated carbocycles. The number of rotatable bonds is 2. The molecule has 0 aliphatic carbocycles. The van der Waals surface area contributed by atoms with Crippen molar-refractivity contribution in [3.63, 3.8) is 0 Å². The van der Waals surface area contributed by atoms with E-state index in [2.05, 4.69) is 30.8 Å². The molecule has 0 aromatic rings. The Hall–Kier alpha value is -0.0800. The highest BCUT2D eigenvalue weighted by molar-refractivity contribution is 4.77. The van der Waals surface area contributed by atoms with Crippen molar-refractivity contribution >= 4 is 0 Å². The van der Waals surface area contributed by atoms with Crippen LogP contribution >= 0.6 is 0 Å². The van der Waals surface area contributed by atoms with Gasteiger partial charge in [-0.3, -0.25) is 0 Å². The predicted molar refractivity (Wildman–Crippen MR) is 48.8 cm³/mol. The zero-order valence-corrected chi connectivity index (χ0v) is 8.01. The zero-order valence-electron chi connectivity index (χ0n) is 8.01. The molecule has 11 heavy (non-hydrogen) atoms. The number of piperazine rings is 1. The summed E-state index contributed by atoms with van der Waals surface area (Å²) in [5, 5.41) is 0. The third-order valence-corrected chi connectivity index (χ3v) is 2.60. The van der Waals surface area contributed by atoms with Crippen molar-refractivity contribution in [3.8, 4) is 0 Å². The van der Waals surface area contributed by atoms with E-state index in [0.29, 0.717) is 0 Å². The van der Waals surface area contributed by atoms with Crippen LogP contribution in [0.2, 0.25) is 0 Å². The van der Waals surface area contributed by atoms with Crippen molar-refractivity contribution in [3.05, 3.63) is 0 Å². The maximum absolute atomic E-state index is 2.49. The van der Waals surface area contributed by atoms with Crippen LogP contribution in [0.4, 0.5) is 0 Å². The Labute approximate surface area is 70.2 Å². The number of hydrogen-bond donors (Lipinski definition) is 0. The van der Waals surface area contributed by atoms with E-state index in [4.69, 9.17) is 0 Å². The second kappa shape index (κ2) is 4.07. The molecule has 1 aliphatic rings. The molecule has 1 aliphatic heterocycles. The summed E-state index contributed by atoms with van der Waals surface area (Å²) in [6, 6.07) is 0.804. The highest BCUT2D eigenvalue weighted by Crippen LogP contribution is 2.10. The molecular weight excluding hydrogens is 136 g/mol. The molecule has 0 bridgehead atoms. The summed E-state index contributed by atoms with van der Waals surface area (Å²) in [6.07, 6.45) is 2.66. The molecule has 0 N–H and O–H groups in total. The molecule has 66 valence electrons. The van der Waals surface area contributed by atoms with Crippen LogP contribution in [-0.2, 0) is 0 Å². The van der Waals surface area contributed by atoms with Crippen molar-refractivity contribution in [1.82, 2.24) is 9.80 Å². The Morgan fingerprint density at radius 1 is 1.27 bits per heavy atom. The fraction of sp³-hybridized carbons (Fsp3) is 1.00. The number of nitrogens with zero attached hydrogens (tertiary/aromatic N) is 2. The number of likely N-dealkylation sites (N-methyl/N-ethyl adjacent to an activating group) is 2. The molecule has 1 heterocycles. The largest absolute Gasteiger partial charge is 0.304 e. The first-order chi connectivity index (χ1) is 5.24. The Balaban J connectivity index is 2.34. The quantitative estimate of drug-likeness (QED) is 0.589. The maximum atomic E-state index is 2.49. The van der Waals surface area contributed by atoms with Gasteiger partial charge in [0.25, 0.3) is 0 Å². The third kappa shape index (κ3) is 2.46. The Morgan fingerprint density at radius 2 is 2.00 bits per heavy atom. The highest BCUT2D eigenvalue weighted by atomic mass is 15.3. The van der Waals surface area contributed by atoms with Gasteiger partial charge in [-0.05, 0) is 20.5 Å².